The fourth-order valence-electron chi connectivity index (χ4n) is 4.04. The monoisotopic (exact) mass is 494 g/mol. The number of phenols is 1. The van der Waals surface area contributed by atoms with Crippen molar-refractivity contribution in [2.45, 2.75) is 64.9 Å². The standard InChI is InChI=1S/C25H29F3N2O5/c1-13-14(2)21-18(15(3)20(13)32)9-10-24(4,35-21)23(34)30-19(12-31)22(33)29-11-16-5-7-17(8-6-16)25(26,27)28/h5-8,19,31-32H,9-12H2,1-4H3,(H,29,33)(H,30,34)/t19-,24?/m0/s1. The quantitative estimate of drug-likeness (QED) is 0.493. The predicted octanol–water partition coefficient (Wildman–Crippen LogP) is 3.21. The highest BCUT2D eigenvalue weighted by molar-refractivity contribution is 5.92. The number of aliphatic hydroxyl groups is 1. The Labute approximate surface area is 201 Å². The minimum Gasteiger partial charge on any atom is -0.507 e. The molecule has 0 aliphatic carbocycles. The largest absolute Gasteiger partial charge is 0.507 e. The summed E-state index contributed by atoms with van der Waals surface area (Å²) in [4.78, 5) is 25.6. The van der Waals surface area contributed by atoms with Gasteiger partial charge < -0.3 is 25.6 Å². The number of carbonyl (C=O) groups excluding carboxylic acids is 2. The molecule has 0 bridgehead atoms. The van der Waals surface area contributed by atoms with Gasteiger partial charge >= 0.3 is 6.18 Å². The van der Waals surface area contributed by atoms with Crippen molar-refractivity contribution in [3.05, 3.63) is 57.6 Å². The number of fused-ring (bicyclic) bond motifs is 1. The van der Waals surface area contributed by atoms with Crippen LogP contribution in [0.25, 0.3) is 0 Å². The van der Waals surface area contributed by atoms with E-state index >= 15 is 0 Å². The number of hydrogen-bond donors (Lipinski definition) is 4. The second-order valence-corrected chi connectivity index (χ2v) is 8.99. The maximum atomic E-state index is 13.1. The average Bonchev–Trinajstić information content (AvgIpc) is 2.82. The smallest absolute Gasteiger partial charge is 0.416 e. The van der Waals surface area contributed by atoms with Gasteiger partial charge in [0.2, 0.25) is 5.91 Å². The maximum Gasteiger partial charge on any atom is 0.416 e. The lowest BCUT2D eigenvalue weighted by Crippen LogP contribution is -2.57. The van der Waals surface area contributed by atoms with E-state index in [1.807, 2.05) is 0 Å². The van der Waals surface area contributed by atoms with Gasteiger partial charge in [0.1, 0.15) is 17.5 Å². The molecule has 0 saturated heterocycles. The molecular weight excluding hydrogens is 465 g/mol. The summed E-state index contributed by atoms with van der Waals surface area (Å²) < 4.78 is 44.2. The zero-order chi connectivity index (χ0) is 26.1. The Morgan fingerprint density at radius 3 is 2.31 bits per heavy atom. The lowest BCUT2D eigenvalue weighted by molar-refractivity contribution is -0.140. The molecule has 4 N–H and O–H groups in total. The van der Waals surface area contributed by atoms with Crippen LogP contribution in [0.3, 0.4) is 0 Å². The molecule has 2 aromatic rings. The molecule has 1 unspecified atom stereocenters. The van der Waals surface area contributed by atoms with Gasteiger partial charge in [0.15, 0.2) is 5.60 Å². The molecule has 0 aromatic heterocycles. The Hall–Kier alpha value is -3.27. The SMILES string of the molecule is Cc1c(C)c2c(c(C)c1O)CCC(C)(C(=O)N[C@@H](CO)C(=O)NCc1ccc(C(F)(F)F)cc1)O2. The van der Waals surface area contributed by atoms with Crippen LogP contribution >= 0.6 is 0 Å². The van der Waals surface area contributed by atoms with Gasteiger partial charge in [0, 0.05) is 18.5 Å². The van der Waals surface area contributed by atoms with Crippen LogP contribution in [0.4, 0.5) is 13.2 Å². The van der Waals surface area contributed by atoms with Crippen LogP contribution in [0.5, 0.6) is 11.5 Å². The van der Waals surface area contributed by atoms with E-state index in [9.17, 15) is 33.0 Å². The zero-order valence-corrected chi connectivity index (χ0v) is 20.0. The second-order valence-electron chi connectivity index (χ2n) is 8.99. The van der Waals surface area contributed by atoms with Crippen molar-refractivity contribution in [2.75, 3.05) is 6.61 Å². The second kappa shape index (κ2) is 9.77. The molecular formula is C25H29F3N2O5. The summed E-state index contributed by atoms with van der Waals surface area (Å²) in [6.07, 6.45) is -3.69. The van der Waals surface area contributed by atoms with Crippen molar-refractivity contribution in [2.24, 2.45) is 0 Å². The highest BCUT2D eigenvalue weighted by Crippen LogP contribution is 2.43. The molecule has 2 amide bonds. The molecule has 10 heteroatoms. The number of alkyl halides is 3. The van der Waals surface area contributed by atoms with E-state index < -0.39 is 41.8 Å². The number of phenolic OH excluding ortho intramolecular Hbond substituents is 1. The number of benzene rings is 2. The summed E-state index contributed by atoms with van der Waals surface area (Å²) >= 11 is 0. The van der Waals surface area contributed by atoms with Crippen LogP contribution in [0.1, 0.15) is 46.7 Å². The highest BCUT2D eigenvalue weighted by atomic mass is 19.4. The molecule has 35 heavy (non-hydrogen) atoms. The molecule has 2 atom stereocenters. The molecule has 2 aromatic carbocycles. The first-order valence-electron chi connectivity index (χ1n) is 11.1. The van der Waals surface area contributed by atoms with Crippen molar-refractivity contribution in [1.82, 2.24) is 10.6 Å². The van der Waals surface area contributed by atoms with Crippen LogP contribution in [0.2, 0.25) is 0 Å². The third-order valence-electron chi connectivity index (χ3n) is 6.55. The molecule has 0 radical (unpaired) electrons. The number of hydrogen-bond acceptors (Lipinski definition) is 5. The first-order valence-corrected chi connectivity index (χ1v) is 11.1. The summed E-state index contributed by atoms with van der Waals surface area (Å²) in [7, 11) is 0. The van der Waals surface area contributed by atoms with E-state index in [0.29, 0.717) is 35.3 Å². The lowest BCUT2D eigenvalue weighted by Gasteiger charge is -2.37. The van der Waals surface area contributed by atoms with Gasteiger partial charge in [-0.15, -0.1) is 0 Å². The number of carbonyl (C=O) groups is 2. The van der Waals surface area contributed by atoms with Gasteiger partial charge in [-0.3, -0.25) is 9.59 Å². The minimum absolute atomic E-state index is 0.0777. The van der Waals surface area contributed by atoms with Crippen LogP contribution in [0.15, 0.2) is 24.3 Å². The molecule has 3 rings (SSSR count). The first kappa shape index (κ1) is 26.3. The molecule has 7 nitrogen and oxygen atoms in total. The van der Waals surface area contributed by atoms with Gasteiger partial charge in [-0.05, 0) is 68.5 Å². The molecule has 1 aliphatic rings. The molecule has 0 spiro atoms. The summed E-state index contributed by atoms with van der Waals surface area (Å²) in [6.45, 7) is 6.18. The number of rotatable bonds is 6. The number of aromatic hydroxyl groups is 1. The van der Waals surface area contributed by atoms with E-state index in [1.165, 1.54) is 12.1 Å². The summed E-state index contributed by atoms with van der Waals surface area (Å²) in [5, 5.41) is 25.0. The number of nitrogens with one attached hydrogen (secondary N) is 2. The van der Waals surface area contributed by atoms with Gasteiger partial charge in [0.05, 0.1) is 12.2 Å². The van der Waals surface area contributed by atoms with Crippen LogP contribution in [-0.2, 0) is 28.7 Å². The fourth-order valence-corrected chi connectivity index (χ4v) is 4.04. The Bertz CT molecular complexity index is 1130. The fraction of sp³-hybridized carbons (Fsp3) is 0.440. The van der Waals surface area contributed by atoms with Crippen LogP contribution in [-0.4, -0.2) is 40.3 Å². The van der Waals surface area contributed by atoms with Crippen molar-refractivity contribution < 1.29 is 37.7 Å². The van der Waals surface area contributed by atoms with E-state index in [-0.39, 0.29) is 12.3 Å². The van der Waals surface area contributed by atoms with Crippen LogP contribution < -0.4 is 15.4 Å². The minimum atomic E-state index is -4.46. The van der Waals surface area contributed by atoms with Crippen molar-refractivity contribution in [3.63, 3.8) is 0 Å². The molecule has 1 aliphatic heterocycles. The average molecular weight is 495 g/mol. The van der Waals surface area contributed by atoms with E-state index in [0.717, 1.165) is 23.3 Å². The van der Waals surface area contributed by atoms with E-state index in [1.54, 1.807) is 27.7 Å². The summed E-state index contributed by atoms with van der Waals surface area (Å²) in [5.74, 6) is -0.556. The summed E-state index contributed by atoms with van der Waals surface area (Å²) in [5.41, 5.74) is 1.21. The zero-order valence-electron chi connectivity index (χ0n) is 20.0. The Kier molecular flexibility index (Phi) is 7.35. The Balaban J connectivity index is 1.66. The first-order chi connectivity index (χ1) is 16.3. The van der Waals surface area contributed by atoms with Gasteiger partial charge in [-0.2, -0.15) is 13.2 Å². The Morgan fingerprint density at radius 2 is 1.74 bits per heavy atom. The van der Waals surface area contributed by atoms with E-state index in [2.05, 4.69) is 10.6 Å². The summed E-state index contributed by atoms with van der Waals surface area (Å²) in [6, 6.07) is 3.04. The number of halogens is 3. The van der Waals surface area contributed by atoms with Gasteiger partial charge in [-0.25, -0.2) is 0 Å². The molecule has 1 heterocycles. The lowest BCUT2D eigenvalue weighted by atomic mass is 9.86. The van der Waals surface area contributed by atoms with Crippen molar-refractivity contribution in [1.29, 1.82) is 0 Å². The molecule has 190 valence electrons. The maximum absolute atomic E-state index is 13.1. The third kappa shape index (κ3) is 5.37. The number of aliphatic hydroxyl groups excluding tert-OH is 1. The number of amides is 2. The number of ether oxygens (including phenoxy) is 1. The molecule has 0 fully saturated rings. The molecule has 0 saturated carbocycles. The third-order valence-corrected chi connectivity index (χ3v) is 6.55. The van der Waals surface area contributed by atoms with Crippen LogP contribution in [0, 0.1) is 20.8 Å². The van der Waals surface area contributed by atoms with Crippen molar-refractivity contribution in [3.8, 4) is 11.5 Å². The van der Waals surface area contributed by atoms with Gasteiger partial charge in [-0.1, -0.05) is 12.1 Å². The van der Waals surface area contributed by atoms with Gasteiger partial charge in [0.25, 0.3) is 5.91 Å². The highest BCUT2D eigenvalue weighted by Gasteiger charge is 2.42. The normalized spacial score (nSPS) is 18.3. The Morgan fingerprint density at radius 1 is 1.11 bits per heavy atom. The topological polar surface area (TPSA) is 108 Å². The van der Waals surface area contributed by atoms with Crippen molar-refractivity contribution >= 4 is 11.8 Å². The van der Waals surface area contributed by atoms with E-state index in [4.69, 9.17) is 4.74 Å². The predicted molar refractivity (Wildman–Crippen MR) is 122 cm³/mol.